The largest absolute Gasteiger partial charge is 0.456 e. The Hall–Kier alpha value is -1.66. The van der Waals surface area contributed by atoms with Crippen molar-refractivity contribution in [2.24, 2.45) is 0 Å². The third-order valence-corrected chi connectivity index (χ3v) is 4.75. The molecule has 2 nitrogen and oxygen atoms in total. The number of aryl methyl sites for hydroxylation is 1. The second-order valence-electron chi connectivity index (χ2n) is 5.88. The maximum atomic E-state index is 12.8. The van der Waals surface area contributed by atoms with Gasteiger partial charge in [0.05, 0.1) is 0 Å². The monoisotopic (exact) mass is 352 g/mol. The molecule has 2 aromatic rings. The van der Waals surface area contributed by atoms with Gasteiger partial charge in [0.25, 0.3) is 0 Å². The quantitative estimate of drug-likeness (QED) is 0.772. The van der Waals surface area contributed by atoms with Gasteiger partial charge in [-0.3, -0.25) is 0 Å². The Bertz CT molecular complexity index is 661. The van der Waals surface area contributed by atoms with E-state index in [1.165, 1.54) is 9.87 Å². The molecule has 0 bridgehead atoms. The Morgan fingerprint density at radius 1 is 1.04 bits per heavy atom. The lowest BCUT2D eigenvalue weighted by Crippen LogP contribution is -2.32. The van der Waals surface area contributed by atoms with E-state index < -0.39 is 5.51 Å². The van der Waals surface area contributed by atoms with Gasteiger partial charge in [-0.1, -0.05) is 48.5 Å². The van der Waals surface area contributed by atoms with Crippen molar-refractivity contribution in [1.29, 1.82) is 0 Å². The number of para-hydroxylation sites is 1. The van der Waals surface area contributed by atoms with Crippen LogP contribution < -0.4 is 5.32 Å². The zero-order valence-electron chi connectivity index (χ0n) is 13.1. The molecule has 24 heavy (non-hydrogen) atoms. The number of alkyl halides is 3. The average molecular weight is 352 g/mol. The van der Waals surface area contributed by atoms with E-state index in [4.69, 9.17) is 0 Å². The van der Waals surface area contributed by atoms with Crippen LogP contribution >= 0.6 is 11.9 Å². The smallest absolute Gasteiger partial charge is 0.381 e. The fourth-order valence-corrected chi connectivity index (χ4v) is 3.68. The minimum atomic E-state index is -4.26. The van der Waals surface area contributed by atoms with Crippen LogP contribution in [0.3, 0.4) is 0 Å². The van der Waals surface area contributed by atoms with Crippen LogP contribution in [0.25, 0.3) is 0 Å². The molecule has 6 heteroatoms. The molecule has 1 aliphatic heterocycles. The van der Waals surface area contributed by atoms with Gasteiger partial charge >= 0.3 is 5.51 Å². The van der Waals surface area contributed by atoms with Crippen LogP contribution in [0.5, 0.6) is 0 Å². The summed E-state index contributed by atoms with van der Waals surface area (Å²) in [5.74, 6) is 0. The summed E-state index contributed by atoms with van der Waals surface area (Å²) in [4.78, 5) is 0. The van der Waals surface area contributed by atoms with E-state index in [-0.39, 0.29) is 24.5 Å². The topological polar surface area (TPSA) is 15.3 Å². The second kappa shape index (κ2) is 7.49. The highest BCUT2D eigenvalue weighted by Gasteiger charge is 2.34. The summed E-state index contributed by atoms with van der Waals surface area (Å²) in [5, 5.41) is 3.42. The first-order valence-electron chi connectivity index (χ1n) is 7.89. The summed E-state index contributed by atoms with van der Waals surface area (Å²) in [7, 11) is 0. The fourth-order valence-electron chi connectivity index (χ4n) is 2.93. The van der Waals surface area contributed by atoms with Crippen molar-refractivity contribution < 1.29 is 13.2 Å². The van der Waals surface area contributed by atoms with Gasteiger partial charge in [-0.05, 0) is 30.0 Å². The number of rotatable bonds is 4. The number of fused-ring (bicyclic) bond motifs is 1. The molecule has 0 fully saturated rings. The molecule has 0 spiro atoms. The molecule has 1 aliphatic rings. The summed E-state index contributed by atoms with van der Waals surface area (Å²) in [6, 6.07) is 17.6. The molecule has 0 aliphatic carbocycles. The van der Waals surface area contributed by atoms with Gasteiger partial charge in [0, 0.05) is 36.8 Å². The van der Waals surface area contributed by atoms with Gasteiger partial charge in [-0.15, -0.1) is 0 Å². The highest BCUT2D eigenvalue weighted by atomic mass is 32.2. The van der Waals surface area contributed by atoms with E-state index in [0.29, 0.717) is 6.54 Å². The summed E-state index contributed by atoms with van der Waals surface area (Å²) < 4.78 is 39.9. The van der Waals surface area contributed by atoms with Crippen LogP contribution in [-0.2, 0) is 13.0 Å². The highest BCUT2D eigenvalue weighted by molar-refractivity contribution is 7.97. The summed E-state index contributed by atoms with van der Waals surface area (Å²) >= 11 is -0.0266. The van der Waals surface area contributed by atoms with E-state index in [2.05, 4.69) is 5.32 Å². The second-order valence-corrected chi connectivity index (χ2v) is 7.04. The number of anilines is 1. The Morgan fingerprint density at radius 3 is 2.50 bits per heavy atom. The lowest BCUT2D eigenvalue weighted by molar-refractivity contribution is -0.0364. The number of nitrogens with zero attached hydrogens (tertiary/aromatic N) is 1. The molecule has 0 radical (unpaired) electrons. The van der Waals surface area contributed by atoms with Crippen molar-refractivity contribution in [3.8, 4) is 0 Å². The van der Waals surface area contributed by atoms with Gasteiger partial charge in [-0.25, -0.2) is 4.31 Å². The first kappa shape index (κ1) is 17.2. The molecule has 1 N–H and O–H groups in total. The Balaban J connectivity index is 1.73. The van der Waals surface area contributed by atoms with Crippen molar-refractivity contribution in [1.82, 2.24) is 4.31 Å². The minimum absolute atomic E-state index is 0.0243. The molecule has 1 atom stereocenters. The van der Waals surface area contributed by atoms with Gasteiger partial charge in [0.1, 0.15) is 0 Å². The van der Waals surface area contributed by atoms with Gasteiger partial charge in [0.2, 0.25) is 0 Å². The zero-order chi connectivity index (χ0) is 17.0. The maximum absolute atomic E-state index is 12.8. The van der Waals surface area contributed by atoms with Crippen LogP contribution in [0.2, 0.25) is 0 Å². The predicted octanol–water partition coefficient (Wildman–Crippen LogP) is 5.08. The predicted molar refractivity (Wildman–Crippen MR) is 92.7 cm³/mol. The first-order chi connectivity index (χ1) is 11.5. The van der Waals surface area contributed by atoms with Crippen LogP contribution in [0.15, 0.2) is 54.6 Å². The highest BCUT2D eigenvalue weighted by Crippen LogP contribution is 2.36. The van der Waals surface area contributed by atoms with Crippen molar-refractivity contribution in [2.45, 2.75) is 30.9 Å². The summed E-state index contributed by atoms with van der Waals surface area (Å²) in [6.45, 7) is 0.640. The number of halogens is 3. The third kappa shape index (κ3) is 4.92. The van der Waals surface area contributed by atoms with E-state index in [1.807, 2.05) is 54.6 Å². The van der Waals surface area contributed by atoms with Gasteiger partial charge in [-0.2, -0.15) is 13.2 Å². The molecule has 1 unspecified atom stereocenters. The number of benzene rings is 2. The number of hydrogen-bond acceptors (Lipinski definition) is 3. The number of nitrogens with one attached hydrogen (secondary N) is 1. The third-order valence-electron chi connectivity index (χ3n) is 4.00. The summed E-state index contributed by atoms with van der Waals surface area (Å²) in [5.41, 5.74) is -1.23. The number of hydrogen-bond donors (Lipinski definition) is 1. The summed E-state index contributed by atoms with van der Waals surface area (Å²) in [6.07, 6.45) is 1.62. The standard InChI is InChI=1S/C18H19F3N2S/c19-18(20,21)24-23-12-15-8-4-5-9-17(15)22-16(13-23)11-10-14-6-2-1-3-7-14/h1-9,16,22H,10-13H2. The molecule has 1 heterocycles. The molecular weight excluding hydrogens is 333 g/mol. The molecule has 0 saturated carbocycles. The van der Waals surface area contributed by atoms with E-state index in [9.17, 15) is 13.2 Å². The van der Waals surface area contributed by atoms with Crippen LogP contribution in [-0.4, -0.2) is 22.4 Å². The maximum Gasteiger partial charge on any atom is 0.456 e. The van der Waals surface area contributed by atoms with E-state index in [0.717, 1.165) is 24.1 Å². The molecule has 128 valence electrons. The van der Waals surface area contributed by atoms with Crippen molar-refractivity contribution in [3.05, 3.63) is 65.7 Å². The molecule has 0 saturated heterocycles. The Kier molecular flexibility index (Phi) is 5.36. The average Bonchev–Trinajstić information content (AvgIpc) is 2.70. The van der Waals surface area contributed by atoms with Crippen molar-refractivity contribution >= 4 is 17.6 Å². The Labute approximate surface area is 144 Å². The first-order valence-corrected chi connectivity index (χ1v) is 8.66. The lowest BCUT2D eigenvalue weighted by Gasteiger charge is -2.24. The van der Waals surface area contributed by atoms with E-state index in [1.54, 1.807) is 0 Å². The van der Waals surface area contributed by atoms with Crippen LogP contribution in [0.1, 0.15) is 17.5 Å². The molecule has 2 aromatic carbocycles. The fraction of sp³-hybridized carbons (Fsp3) is 0.333. The molecule has 0 amide bonds. The minimum Gasteiger partial charge on any atom is -0.381 e. The van der Waals surface area contributed by atoms with Crippen LogP contribution in [0.4, 0.5) is 18.9 Å². The lowest BCUT2D eigenvalue weighted by atomic mass is 10.0. The van der Waals surface area contributed by atoms with Crippen molar-refractivity contribution in [2.75, 3.05) is 11.9 Å². The SMILES string of the molecule is FC(F)(F)SN1Cc2ccccc2NC(CCc2ccccc2)C1. The van der Waals surface area contributed by atoms with Crippen molar-refractivity contribution in [3.63, 3.8) is 0 Å². The van der Waals surface area contributed by atoms with Crippen LogP contribution in [0, 0.1) is 0 Å². The molecular formula is C18H19F3N2S. The van der Waals surface area contributed by atoms with Gasteiger partial charge in [0.15, 0.2) is 0 Å². The zero-order valence-corrected chi connectivity index (χ0v) is 13.9. The van der Waals surface area contributed by atoms with Gasteiger partial charge < -0.3 is 5.32 Å². The Morgan fingerprint density at radius 2 is 1.75 bits per heavy atom. The van der Waals surface area contributed by atoms with E-state index >= 15 is 0 Å². The molecule has 3 rings (SSSR count). The normalized spacial score (nSPS) is 18.5. The molecule has 0 aromatic heterocycles.